The molecule has 8 nitrogen and oxygen atoms in total. The summed E-state index contributed by atoms with van der Waals surface area (Å²) in [4.78, 5) is 46.9. The number of rotatable bonds is 15. The van der Waals surface area contributed by atoms with E-state index in [1.54, 1.807) is 11.0 Å². The molecule has 3 unspecified atom stereocenters. The normalized spacial score (nSPS) is 30.9. The summed E-state index contributed by atoms with van der Waals surface area (Å²) in [7, 11) is 0. The van der Waals surface area contributed by atoms with Crippen LogP contribution in [0.1, 0.15) is 101 Å². The summed E-state index contributed by atoms with van der Waals surface area (Å²) in [5, 5.41) is 10.6. The smallest absolute Gasteiger partial charge is 0.312 e. The molecule has 1 spiro atoms. The highest BCUT2D eigenvalue weighted by Crippen LogP contribution is 2.66. The first-order valence-electron chi connectivity index (χ1n) is 16.2. The molecule has 3 heterocycles. The van der Waals surface area contributed by atoms with Crippen LogP contribution in [-0.2, 0) is 23.9 Å². The number of carbonyl (C=O) groups is 3. The zero-order valence-corrected chi connectivity index (χ0v) is 28.3. The van der Waals surface area contributed by atoms with Gasteiger partial charge in [0.15, 0.2) is 0 Å². The summed E-state index contributed by atoms with van der Waals surface area (Å²) < 4.78 is 12.7. The van der Waals surface area contributed by atoms with Crippen LogP contribution in [0.15, 0.2) is 25.3 Å². The van der Waals surface area contributed by atoms with E-state index in [0.717, 1.165) is 19.3 Å². The topological polar surface area (TPSA) is 96.4 Å². The summed E-state index contributed by atoms with van der Waals surface area (Å²) in [6.45, 7) is 26.5. The minimum atomic E-state index is -1.20. The Balaban J connectivity index is 2.13. The summed E-state index contributed by atoms with van der Waals surface area (Å²) in [6.07, 6.45) is 7.68. The molecule has 1 N–H and O–H groups in total. The molecule has 0 saturated carbocycles. The molecule has 2 amide bonds. The first kappa shape index (κ1) is 35.3. The lowest BCUT2D eigenvalue weighted by Crippen LogP contribution is -2.62. The van der Waals surface area contributed by atoms with E-state index in [1.807, 2.05) is 38.7 Å². The Labute approximate surface area is 260 Å². The highest BCUT2D eigenvalue weighted by molar-refractivity contribution is 5.99. The van der Waals surface area contributed by atoms with Crippen molar-refractivity contribution >= 4 is 17.8 Å². The molecule has 2 bridgehead atoms. The van der Waals surface area contributed by atoms with Crippen molar-refractivity contribution in [3.8, 4) is 0 Å². The highest BCUT2D eigenvalue weighted by Gasteiger charge is 2.81. The van der Waals surface area contributed by atoms with Crippen LogP contribution in [0.5, 0.6) is 0 Å². The second kappa shape index (κ2) is 13.0. The average molecular weight is 603 g/mol. The maximum Gasteiger partial charge on any atom is 0.312 e. The molecule has 0 radical (unpaired) electrons. The monoisotopic (exact) mass is 602 g/mol. The number of allylic oxidation sites excluding steroid dienone is 1. The largest absolute Gasteiger partial charge is 0.465 e. The first-order valence-corrected chi connectivity index (χ1v) is 16.2. The number of carbonyl (C=O) groups excluding carboxylic acids is 3. The van der Waals surface area contributed by atoms with Gasteiger partial charge in [-0.2, -0.15) is 0 Å². The van der Waals surface area contributed by atoms with Crippen molar-refractivity contribution in [3.63, 3.8) is 0 Å². The van der Waals surface area contributed by atoms with Gasteiger partial charge in [-0.15, -0.1) is 13.2 Å². The molecular formula is C35H58N2O6. The van der Waals surface area contributed by atoms with Crippen LogP contribution >= 0.6 is 0 Å². The minimum Gasteiger partial charge on any atom is -0.465 e. The van der Waals surface area contributed by atoms with Crippen LogP contribution in [-0.4, -0.2) is 81.3 Å². The molecule has 0 aromatic rings. The molecule has 3 aliphatic rings. The quantitative estimate of drug-likeness (QED) is 0.150. The Morgan fingerprint density at radius 3 is 2.37 bits per heavy atom. The Morgan fingerprint density at radius 2 is 1.84 bits per heavy atom. The Hall–Kier alpha value is -2.19. The third kappa shape index (κ3) is 6.61. The number of amides is 2. The van der Waals surface area contributed by atoms with E-state index in [-0.39, 0.29) is 42.3 Å². The van der Waals surface area contributed by atoms with Gasteiger partial charge >= 0.3 is 5.97 Å². The lowest BCUT2D eigenvalue weighted by molar-refractivity contribution is -0.165. The summed E-state index contributed by atoms with van der Waals surface area (Å²) >= 11 is 0. The lowest BCUT2D eigenvalue weighted by Gasteiger charge is -2.46. The van der Waals surface area contributed by atoms with Crippen molar-refractivity contribution in [2.24, 2.45) is 29.1 Å². The summed E-state index contributed by atoms with van der Waals surface area (Å²) in [5.74, 6) is -2.57. The van der Waals surface area contributed by atoms with Gasteiger partial charge in [0.2, 0.25) is 11.8 Å². The molecular weight excluding hydrogens is 544 g/mol. The van der Waals surface area contributed by atoms with Crippen molar-refractivity contribution in [1.82, 2.24) is 9.80 Å². The molecule has 43 heavy (non-hydrogen) atoms. The molecule has 8 heteroatoms. The van der Waals surface area contributed by atoms with Crippen molar-refractivity contribution in [3.05, 3.63) is 25.3 Å². The third-order valence-corrected chi connectivity index (χ3v) is 9.91. The van der Waals surface area contributed by atoms with Crippen molar-refractivity contribution in [2.45, 2.75) is 130 Å². The van der Waals surface area contributed by atoms with Crippen molar-refractivity contribution in [2.75, 3.05) is 19.8 Å². The van der Waals surface area contributed by atoms with E-state index in [1.165, 1.54) is 0 Å². The van der Waals surface area contributed by atoms with Gasteiger partial charge in [-0.05, 0) is 76.5 Å². The second-order valence-corrected chi connectivity index (χ2v) is 15.7. The fraction of sp³-hybridized carbons (Fsp3) is 0.800. The fourth-order valence-corrected chi connectivity index (χ4v) is 8.49. The van der Waals surface area contributed by atoms with E-state index < -0.39 is 46.6 Å². The zero-order valence-electron chi connectivity index (χ0n) is 28.3. The van der Waals surface area contributed by atoms with Gasteiger partial charge in [0.05, 0.1) is 30.8 Å². The molecule has 244 valence electrons. The van der Waals surface area contributed by atoms with Crippen LogP contribution in [0.25, 0.3) is 0 Å². The highest BCUT2D eigenvalue weighted by atomic mass is 16.6. The molecule has 3 aliphatic heterocycles. The predicted molar refractivity (Wildman–Crippen MR) is 169 cm³/mol. The number of likely N-dealkylation sites (tertiary alicyclic amines) is 1. The maximum absolute atomic E-state index is 15.0. The molecule has 0 aromatic carbocycles. The van der Waals surface area contributed by atoms with E-state index in [2.05, 4.69) is 47.8 Å². The Kier molecular flexibility index (Phi) is 10.7. The van der Waals surface area contributed by atoms with E-state index >= 15 is 4.79 Å². The van der Waals surface area contributed by atoms with Crippen LogP contribution in [0.3, 0.4) is 0 Å². The molecule has 3 rings (SSSR count). The second-order valence-electron chi connectivity index (χ2n) is 15.7. The number of esters is 1. The van der Waals surface area contributed by atoms with E-state index in [0.29, 0.717) is 25.8 Å². The maximum atomic E-state index is 15.0. The number of ether oxygens (including phenoxy) is 2. The number of hydrogen-bond donors (Lipinski definition) is 1. The van der Waals surface area contributed by atoms with Crippen LogP contribution in [0.4, 0.5) is 0 Å². The van der Waals surface area contributed by atoms with E-state index in [9.17, 15) is 14.7 Å². The number of aliphatic hydroxyl groups excluding tert-OH is 1. The minimum absolute atomic E-state index is 0.0642. The van der Waals surface area contributed by atoms with Crippen molar-refractivity contribution < 1.29 is 29.0 Å². The lowest BCUT2D eigenvalue weighted by atomic mass is 9.62. The van der Waals surface area contributed by atoms with Gasteiger partial charge in [-0.3, -0.25) is 14.4 Å². The molecule has 3 saturated heterocycles. The molecule has 3 fully saturated rings. The SMILES string of the molecule is C=CCCCCOC(=O)[C@H]1[C@H]2C(=O)N([C@@H](CO)CC(C)C)C(C(=O)N(CC=C)C(C)(C)CC(C)(C)C)C23CC(C)[C@]1(C)O3. The number of nitrogens with zero attached hydrogens (tertiary/aromatic N) is 2. The van der Waals surface area contributed by atoms with Crippen molar-refractivity contribution in [1.29, 1.82) is 0 Å². The number of aliphatic hydroxyl groups is 1. The Morgan fingerprint density at radius 1 is 1.19 bits per heavy atom. The average Bonchev–Trinajstić information content (AvgIpc) is 3.40. The van der Waals surface area contributed by atoms with Gasteiger partial charge < -0.3 is 24.4 Å². The van der Waals surface area contributed by atoms with Gasteiger partial charge in [0, 0.05) is 12.1 Å². The number of hydrogen-bond acceptors (Lipinski definition) is 6. The first-order chi connectivity index (χ1) is 19.9. The molecule has 0 aliphatic carbocycles. The summed E-state index contributed by atoms with van der Waals surface area (Å²) in [5.41, 5.74) is -2.77. The summed E-state index contributed by atoms with van der Waals surface area (Å²) in [6, 6.07) is -1.56. The fourth-order valence-electron chi connectivity index (χ4n) is 8.49. The number of unbranched alkanes of at least 4 members (excludes halogenated alkanes) is 2. The van der Waals surface area contributed by atoms with Crippen LogP contribution in [0, 0.1) is 29.1 Å². The zero-order chi connectivity index (χ0) is 32.5. The third-order valence-electron chi connectivity index (χ3n) is 9.91. The molecule has 7 atom stereocenters. The van der Waals surface area contributed by atoms with Crippen LogP contribution < -0.4 is 0 Å². The number of fused-ring (bicyclic) bond motifs is 1. The van der Waals surface area contributed by atoms with E-state index in [4.69, 9.17) is 9.47 Å². The predicted octanol–water partition coefficient (Wildman–Crippen LogP) is 5.53. The molecule has 0 aromatic heterocycles. The Bertz CT molecular complexity index is 1060. The van der Waals surface area contributed by atoms with Gasteiger partial charge in [-0.1, -0.05) is 53.7 Å². The van der Waals surface area contributed by atoms with Gasteiger partial charge in [-0.25, -0.2) is 0 Å². The standard InChI is InChI=1S/C35H58N2O6/c1-12-14-15-16-18-42-31(41)27-26-29(39)37(25(21-38)19-23(3)4)28(35(26)20-24(5)34(27,11)43-35)30(40)36(17-13-2)33(9,10)22-32(6,7)8/h12-13,23-28,38H,1-2,14-22H2,3-11H3/t24?,25-,26+,27-,28?,34+,35?/m1/s1. The van der Waals surface area contributed by atoms with Gasteiger partial charge in [0.25, 0.3) is 0 Å². The van der Waals surface area contributed by atoms with Gasteiger partial charge in [0.1, 0.15) is 17.6 Å². The van der Waals surface area contributed by atoms with Crippen LogP contribution in [0.2, 0.25) is 0 Å².